The lowest BCUT2D eigenvalue weighted by Crippen LogP contribution is -2.01. The molecule has 0 bridgehead atoms. The van der Waals surface area contributed by atoms with Crippen LogP contribution in [-0.2, 0) is 0 Å². The predicted molar refractivity (Wildman–Crippen MR) is 51.4 cm³/mol. The highest BCUT2D eigenvalue weighted by Gasteiger charge is 2.05. The van der Waals surface area contributed by atoms with Gasteiger partial charge in [-0.1, -0.05) is 25.3 Å². The van der Waals surface area contributed by atoms with Gasteiger partial charge in [0.25, 0.3) is 0 Å². The molecule has 0 amide bonds. The van der Waals surface area contributed by atoms with Crippen molar-refractivity contribution in [3.05, 3.63) is 42.2 Å². The highest BCUT2D eigenvalue weighted by molar-refractivity contribution is 5.86. The summed E-state index contributed by atoms with van der Waals surface area (Å²) in [7, 11) is 0. The molecule has 0 fully saturated rings. The number of carboxylic acids is 1. The van der Waals surface area contributed by atoms with Crippen molar-refractivity contribution in [1.29, 1.82) is 0 Å². The molecule has 3 nitrogen and oxygen atoms in total. The minimum Gasteiger partial charge on any atom is -0.477 e. The highest BCUT2D eigenvalue weighted by atomic mass is 16.4. The van der Waals surface area contributed by atoms with E-state index in [2.05, 4.69) is 18.1 Å². The van der Waals surface area contributed by atoms with E-state index in [9.17, 15) is 4.79 Å². The van der Waals surface area contributed by atoms with Gasteiger partial charge in [-0.05, 0) is 17.7 Å². The highest BCUT2D eigenvalue weighted by Crippen LogP contribution is 2.10. The molecule has 0 aliphatic carbocycles. The topological polar surface area (TPSA) is 50.2 Å². The summed E-state index contributed by atoms with van der Waals surface area (Å²) in [5.74, 6) is -1.04. The summed E-state index contributed by atoms with van der Waals surface area (Å²) in [5.41, 5.74) is 1.33. The van der Waals surface area contributed by atoms with E-state index in [1.165, 1.54) is 12.1 Å². The summed E-state index contributed by atoms with van der Waals surface area (Å²) in [5, 5.41) is 8.65. The van der Waals surface area contributed by atoms with Gasteiger partial charge in [0.15, 0.2) is 0 Å². The smallest absolute Gasteiger partial charge is 0.354 e. The first-order valence-electron chi connectivity index (χ1n) is 3.68. The predicted octanol–water partition coefficient (Wildman–Crippen LogP) is 2.07. The molecule has 0 aliphatic rings. The van der Waals surface area contributed by atoms with Crippen LogP contribution in [0.2, 0.25) is 0 Å². The molecule has 0 aliphatic heterocycles. The molecule has 0 saturated carbocycles. The van der Waals surface area contributed by atoms with E-state index in [0.29, 0.717) is 5.69 Å². The Morgan fingerprint density at radius 2 is 2.08 bits per heavy atom. The number of carbonyl (C=O) groups is 1. The number of hydrogen-bond donors (Lipinski definition) is 1. The quantitative estimate of drug-likeness (QED) is 0.765. The zero-order valence-corrected chi connectivity index (χ0v) is 7.03. The molecule has 0 saturated heterocycles. The molecule has 1 N–H and O–H groups in total. The van der Waals surface area contributed by atoms with Gasteiger partial charge >= 0.3 is 5.97 Å². The lowest BCUT2D eigenvalue weighted by molar-refractivity contribution is 0.0690. The summed E-state index contributed by atoms with van der Waals surface area (Å²) in [4.78, 5) is 14.4. The Bertz CT molecular complexity index is 369. The van der Waals surface area contributed by atoms with Crippen LogP contribution in [0.15, 0.2) is 25.3 Å². The third kappa shape index (κ3) is 1.82. The Balaban J connectivity index is 3.28. The minimum absolute atomic E-state index is 0.0144. The van der Waals surface area contributed by atoms with Crippen molar-refractivity contribution >= 4 is 18.1 Å². The van der Waals surface area contributed by atoms with E-state index in [-0.39, 0.29) is 5.69 Å². The van der Waals surface area contributed by atoms with Gasteiger partial charge in [-0.15, -0.1) is 0 Å². The van der Waals surface area contributed by atoms with E-state index >= 15 is 0 Å². The largest absolute Gasteiger partial charge is 0.477 e. The molecule has 0 unspecified atom stereocenters. The van der Waals surface area contributed by atoms with Crippen LogP contribution in [0.1, 0.15) is 21.7 Å². The SMILES string of the molecule is C=Cc1ccc(C(=O)O)nc1C=C. The van der Waals surface area contributed by atoms with Gasteiger partial charge in [0.2, 0.25) is 0 Å². The Morgan fingerprint density at radius 3 is 2.54 bits per heavy atom. The summed E-state index contributed by atoms with van der Waals surface area (Å²) in [6.45, 7) is 7.12. The van der Waals surface area contributed by atoms with Gasteiger partial charge in [-0.2, -0.15) is 0 Å². The number of hydrogen-bond acceptors (Lipinski definition) is 2. The van der Waals surface area contributed by atoms with E-state index in [4.69, 9.17) is 5.11 Å². The van der Waals surface area contributed by atoms with Crippen LogP contribution >= 0.6 is 0 Å². The maximum absolute atomic E-state index is 10.5. The third-order valence-corrected chi connectivity index (χ3v) is 1.59. The molecule has 3 heteroatoms. The molecule has 0 radical (unpaired) electrons. The fraction of sp³-hybridized carbons (Fsp3) is 0. The summed E-state index contributed by atoms with van der Waals surface area (Å²) in [6.07, 6.45) is 3.11. The summed E-state index contributed by atoms with van der Waals surface area (Å²) < 4.78 is 0. The van der Waals surface area contributed by atoms with Crippen LogP contribution in [0, 0.1) is 0 Å². The third-order valence-electron chi connectivity index (χ3n) is 1.59. The van der Waals surface area contributed by atoms with E-state index in [0.717, 1.165) is 5.56 Å². The lowest BCUT2D eigenvalue weighted by atomic mass is 10.1. The normalized spacial score (nSPS) is 9.23. The Kier molecular flexibility index (Phi) is 2.59. The lowest BCUT2D eigenvalue weighted by Gasteiger charge is -2.00. The van der Waals surface area contributed by atoms with Gasteiger partial charge in [-0.25, -0.2) is 9.78 Å². The van der Waals surface area contributed by atoms with Crippen molar-refractivity contribution in [3.8, 4) is 0 Å². The van der Waals surface area contributed by atoms with Crippen molar-refractivity contribution in [3.63, 3.8) is 0 Å². The van der Waals surface area contributed by atoms with Crippen molar-refractivity contribution in [2.75, 3.05) is 0 Å². The van der Waals surface area contributed by atoms with Crippen LogP contribution < -0.4 is 0 Å². The second-order valence-corrected chi connectivity index (χ2v) is 2.38. The molecule has 1 aromatic rings. The molecule has 0 spiro atoms. The zero-order valence-electron chi connectivity index (χ0n) is 7.03. The number of carboxylic acid groups (broad SMARTS) is 1. The molecule has 0 atom stereocenters. The fourth-order valence-corrected chi connectivity index (χ4v) is 0.941. The number of aromatic carboxylic acids is 1. The maximum Gasteiger partial charge on any atom is 0.354 e. The van der Waals surface area contributed by atoms with Crippen molar-refractivity contribution in [2.24, 2.45) is 0 Å². The molecule has 66 valence electrons. The van der Waals surface area contributed by atoms with Crippen LogP contribution in [-0.4, -0.2) is 16.1 Å². The van der Waals surface area contributed by atoms with E-state index in [1.54, 1.807) is 12.1 Å². The molecular formula is C10H9NO2. The summed E-state index contributed by atoms with van der Waals surface area (Å²) in [6, 6.07) is 3.09. The van der Waals surface area contributed by atoms with Gasteiger partial charge in [0.05, 0.1) is 5.69 Å². The number of pyridine rings is 1. The number of nitrogens with zero attached hydrogens (tertiary/aromatic N) is 1. The molecule has 1 heterocycles. The number of aromatic nitrogens is 1. The molecule has 0 aromatic carbocycles. The maximum atomic E-state index is 10.5. The van der Waals surface area contributed by atoms with Gasteiger partial charge < -0.3 is 5.11 Å². The Labute approximate surface area is 76.1 Å². The average molecular weight is 175 g/mol. The monoisotopic (exact) mass is 175 g/mol. The first-order valence-corrected chi connectivity index (χ1v) is 3.68. The van der Waals surface area contributed by atoms with Crippen molar-refractivity contribution < 1.29 is 9.90 Å². The minimum atomic E-state index is -1.04. The molecule has 1 aromatic heterocycles. The molecule has 13 heavy (non-hydrogen) atoms. The first-order chi connectivity index (χ1) is 6.19. The second kappa shape index (κ2) is 3.67. The van der Waals surface area contributed by atoms with Crippen LogP contribution in [0.4, 0.5) is 0 Å². The fourth-order valence-electron chi connectivity index (χ4n) is 0.941. The molecule has 1 rings (SSSR count). The van der Waals surface area contributed by atoms with Gasteiger partial charge in [-0.3, -0.25) is 0 Å². The Hall–Kier alpha value is -1.90. The van der Waals surface area contributed by atoms with E-state index < -0.39 is 5.97 Å². The number of rotatable bonds is 3. The zero-order chi connectivity index (χ0) is 9.84. The second-order valence-electron chi connectivity index (χ2n) is 2.38. The average Bonchev–Trinajstić information content (AvgIpc) is 2.16. The summed E-state index contributed by atoms with van der Waals surface area (Å²) >= 11 is 0. The van der Waals surface area contributed by atoms with Gasteiger partial charge in [0, 0.05) is 0 Å². The standard InChI is InChI=1S/C10H9NO2/c1-3-7-5-6-9(10(12)13)11-8(7)4-2/h3-6H,1-2H2,(H,12,13). The Morgan fingerprint density at radius 1 is 1.38 bits per heavy atom. The first kappa shape index (κ1) is 9.19. The van der Waals surface area contributed by atoms with Crippen molar-refractivity contribution in [1.82, 2.24) is 4.98 Å². The van der Waals surface area contributed by atoms with Crippen LogP contribution in [0.5, 0.6) is 0 Å². The van der Waals surface area contributed by atoms with E-state index in [1.807, 2.05) is 0 Å². The van der Waals surface area contributed by atoms with Gasteiger partial charge in [0.1, 0.15) is 5.69 Å². The van der Waals surface area contributed by atoms with Crippen LogP contribution in [0.3, 0.4) is 0 Å². The van der Waals surface area contributed by atoms with Crippen molar-refractivity contribution in [2.45, 2.75) is 0 Å². The molecular weight excluding hydrogens is 166 g/mol. The van der Waals surface area contributed by atoms with Crippen LogP contribution in [0.25, 0.3) is 12.2 Å².